The van der Waals surface area contributed by atoms with E-state index in [1.807, 2.05) is 44.2 Å². The summed E-state index contributed by atoms with van der Waals surface area (Å²) in [6.07, 6.45) is 4.67. The van der Waals surface area contributed by atoms with Crippen molar-refractivity contribution in [3.8, 4) is 0 Å². The zero-order chi connectivity index (χ0) is 31.1. The van der Waals surface area contributed by atoms with Gasteiger partial charge in [-0.15, -0.1) is 24.9 Å². The van der Waals surface area contributed by atoms with Crippen molar-refractivity contribution in [3.63, 3.8) is 0 Å². The molecule has 3 aliphatic heterocycles. The highest BCUT2D eigenvalue weighted by molar-refractivity contribution is 8.02. The van der Waals surface area contributed by atoms with Crippen molar-refractivity contribution < 1.29 is 19.5 Å². The highest BCUT2D eigenvalue weighted by Gasteiger charge is 2.78. The Morgan fingerprint density at radius 1 is 1.02 bits per heavy atom. The number of likely N-dealkylation sites (tertiary alicyclic amines) is 1. The first-order valence-electron chi connectivity index (χ1n) is 14.8. The normalized spacial score (nSPS) is 28.1. The third-order valence-corrected chi connectivity index (χ3v) is 11.6. The largest absolute Gasteiger partial charge is 0.394 e. The molecule has 0 radical (unpaired) electrons. The minimum absolute atomic E-state index is 0.114. The summed E-state index contributed by atoms with van der Waals surface area (Å²) >= 11 is 7.79. The number of carbonyl (C=O) groups is 3. The van der Waals surface area contributed by atoms with E-state index < -0.39 is 33.4 Å². The van der Waals surface area contributed by atoms with Crippen molar-refractivity contribution in [1.29, 1.82) is 0 Å². The number of anilines is 2. The van der Waals surface area contributed by atoms with Crippen molar-refractivity contribution in [3.05, 3.63) is 84.9 Å². The van der Waals surface area contributed by atoms with Gasteiger partial charge in [-0.2, -0.15) is 0 Å². The van der Waals surface area contributed by atoms with Gasteiger partial charge in [-0.3, -0.25) is 14.4 Å². The Balaban J connectivity index is 1.64. The number of aliphatic hydroxyl groups is 1. The maximum Gasteiger partial charge on any atom is 0.251 e. The highest BCUT2D eigenvalue weighted by atomic mass is 35.5. The molecule has 3 fully saturated rings. The summed E-state index contributed by atoms with van der Waals surface area (Å²) in [4.78, 5) is 49.1. The lowest BCUT2D eigenvalue weighted by Crippen LogP contribution is -2.58. The molecule has 0 saturated carbocycles. The molecule has 5 rings (SSSR count). The summed E-state index contributed by atoms with van der Waals surface area (Å²) in [5.74, 6) is -2.09. The number of benzene rings is 2. The lowest BCUT2D eigenvalue weighted by atomic mass is 9.66. The Bertz CT molecular complexity index is 1400. The molecule has 3 amide bonds. The standard InChI is InChI=1S/C34H40ClN3O4S/c1-6-19-36(24-11-9-8-10-12-24)30(40)27-28-31(41)38(26(21-39)22(3)4)29(34(28)18-17-33(27,5)43-34)32(42)37(20-7-2)25-15-13-23(35)14-16-25/h6-16,22,26-29,39H,1-2,17-21H2,3-5H3/t26-,27+,28-,29?,33-,34?/m0/s1. The van der Waals surface area contributed by atoms with Gasteiger partial charge < -0.3 is 19.8 Å². The Labute approximate surface area is 263 Å². The fourth-order valence-corrected chi connectivity index (χ4v) is 9.90. The van der Waals surface area contributed by atoms with Gasteiger partial charge in [0, 0.05) is 34.2 Å². The van der Waals surface area contributed by atoms with Crippen LogP contribution >= 0.6 is 23.4 Å². The van der Waals surface area contributed by atoms with E-state index in [1.165, 1.54) is 0 Å². The zero-order valence-electron chi connectivity index (χ0n) is 25.0. The van der Waals surface area contributed by atoms with Crippen molar-refractivity contribution >= 4 is 52.5 Å². The third kappa shape index (κ3) is 5.11. The van der Waals surface area contributed by atoms with E-state index in [0.717, 1.165) is 5.69 Å². The first kappa shape index (κ1) is 31.4. The molecule has 2 unspecified atom stereocenters. The van der Waals surface area contributed by atoms with E-state index in [9.17, 15) is 19.5 Å². The predicted octanol–water partition coefficient (Wildman–Crippen LogP) is 5.58. The number of thioether (sulfide) groups is 1. The predicted molar refractivity (Wildman–Crippen MR) is 174 cm³/mol. The second-order valence-corrected chi connectivity index (χ2v) is 14.6. The molecule has 3 saturated heterocycles. The van der Waals surface area contributed by atoms with E-state index in [1.54, 1.807) is 62.9 Å². The average molecular weight is 622 g/mol. The number of hydrogen-bond acceptors (Lipinski definition) is 5. The quantitative estimate of drug-likeness (QED) is 0.332. The van der Waals surface area contributed by atoms with Crippen molar-refractivity contribution in [2.75, 3.05) is 29.5 Å². The van der Waals surface area contributed by atoms with Gasteiger partial charge >= 0.3 is 0 Å². The number of halogens is 1. The lowest BCUT2D eigenvalue weighted by molar-refractivity contribution is -0.143. The van der Waals surface area contributed by atoms with Gasteiger partial charge in [0.1, 0.15) is 6.04 Å². The van der Waals surface area contributed by atoms with Gasteiger partial charge in [0.25, 0.3) is 5.91 Å². The molecule has 9 heteroatoms. The van der Waals surface area contributed by atoms with Crippen LogP contribution in [0.1, 0.15) is 33.6 Å². The number of hydrogen-bond donors (Lipinski definition) is 1. The molecular formula is C34H40ClN3O4S. The van der Waals surface area contributed by atoms with Gasteiger partial charge in [-0.05, 0) is 62.1 Å². The Morgan fingerprint density at radius 3 is 2.16 bits per heavy atom. The maximum absolute atomic E-state index is 14.8. The van der Waals surface area contributed by atoms with E-state index in [-0.39, 0.29) is 36.8 Å². The number of amides is 3. The summed E-state index contributed by atoms with van der Waals surface area (Å²) in [7, 11) is 0. The number of aliphatic hydroxyl groups excluding tert-OH is 1. The maximum atomic E-state index is 14.8. The number of carbonyl (C=O) groups excluding carboxylic acids is 3. The first-order chi connectivity index (χ1) is 20.5. The zero-order valence-corrected chi connectivity index (χ0v) is 26.6. The van der Waals surface area contributed by atoms with E-state index in [0.29, 0.717) is 30.1 Å². The summed E-state index contributed by atoms with van der Waals surface area (Å²) in [5, 5.41) is 11.1. The molecule has 6 atom stereocenters. The van der Waals surface area contributed by atoms with Crippen molar-refractivity contribution in [2.24, 2.45) is 17.8 Å². The summed E-state index contributed by atoms with van der Waals surface area (Å²) in [6, 6.07) is 15.0. The molecular weight excluding hydrogens is 582 g/mol. The van der Waals surface area contributed by atoms with Crippen LogP contribution in [0.15, 0.2) is 79.9 Å². The molecule has 228 valence electrons. The Morgan fingerprint density at radius 2 is 1.60 bits per heavy atom. The Hall–Kier alpha value is -3.07. The van der Waals surface area contributed by atoms with Gasteiger partial charge in [0.05, 0.1) is 29.2 Å². The van der Waals surface area contributed by atoms with E-state index in [4.69, 9.17) is 11.6 Å². The fraction of sp³-hybridized carbons (Fsp3) is 0.441. The number of rotatable bonds is 11. The number of nitrogens with zero attached hydrogens (tertiary/aromatic N) is 3. The first-order valence-corrected chi connectivity index (χ1v) is 16.0. The van der Waals surface area contributed by atoms with E-state index >= 15 is 0 Å². The van der Waals surface area contributed by atoms with Crippen LogP contribution in [-0.4, -0.2) is 69.0 Å². The van der Waals surface area contributed by atoms with Crippen LogP contribution in [0.5, 0.6) is 0 Å². The topological polar surface area (TPSA) is 81.2 Å². The van der Waals surface area contributed by atoms with Gasteiger partial charge in [-0.1, -0.05) is 55.8 Å². The molecule has 2 aromatic rings. The van der Waals surface area contributed by atoms with Crippen LogP contribution in [0, 0.1) is 17.8 Å². The van der Waals surface area contributed by atoms with Gasteiger partial charge in [0.15, 0.2) is 0 Å². The molecule has 0 aromatic heterocycles. The third-order valence-electron chi connectivity index (χ3n) is 9.39. The molecule has 1 N–H and O–H groups in total. The molecule has 2 bridgehead atoms. The second-order valence-electron chi connectivity index (χ2n) is 12.3. The number of para-hydroxylation sites is 1. The molecule has 2 aromatic carbocycles. The SMILES string of the molecule is C=CCN(C(=O)C1N([C@@H](CO)C(C)C)C(=O)[C@@H]2[C@H](C(=O)N(CC=C)c3ccccc3)[C@]3(C)CCC12S3)c1ccc(Cl)cc1. The van der Waals surface area contributed by atoms with Gasteiger partial charge in [-0.25, -0.2) is 0 Å². The van der Waals surface area contributed by atoms with E-state index in [2.05, 4.69) is 20.1 Å². The summed E-state index contributed by atoms with van der Waals surface area (Å²) in [6.45, 7) is 14.0. The molecule has 43 heavy (non-hydrogen) atoms. The molecule has 3 heterocycles. The van der Waals surface area contributed by atoms with Gasteiger partial charge in [0.2, 0.25) is 11.8 Å². The summed E-state index contributed by atoms with van der Waals surface area (Å²) in [5.41, 5.74) is 1.38. The van der Waals surface area contributed by atoms with Crippen LogP contribution < -0.4 is 9.80 Å². The summed E-state index contributed by atoms with van der Waals surface area (Å²) < 4.78 is -1.36. The van der Waals surface area contributed by atoms with Crippen LogP contribution in [-0.2, 0) is 14.4 Å². The van der Waals surface area contributed by atoms with Crippen LogP contribution in [0.25, 0.3) is 0 Å². The molecule has 0 aliphatic carbocycles. The van der Waals surface area contributed by atoms with Crippen LogP contribution in [0.4, 0.5) is 11.4 Å². The Kier molecular flexibility index (Phi) is 8.85. The second kappa shape index (κ2) is 12.1. The number of fused-ring (bicyclic) bond motifs is 1. The molecule has 1 spiro atoms. The minimum Gasteiger partial charge on any atom is -0.394 e. The van der Waals surface area contributed by atoms with Crippen molar-refractivity contribution in [2.45, 2.75) is 55.2 Å². The lowest BCUT2D eigenvalue weighted by Gasteiger charge is -2.40. The monoisotopic (exact) mass is 621 g/mol. The van der Waals surface area contributed by atoms with Crippen LogP contribution in [0.2, 0.25) is 5.02 Å². The van der Waals surface area contributed by atoms with Crippen LogP contribution in [0.3, 0.4) is 0 Å². The molecule has 3 aliphatic rings. The average Bonchev–Trinajstić information content (AvgIpc) is 3.56. The minimum atomic E-state index is -0.866. The fourth-order valence-electron chi connectivity index (χ4n) is 7.44. The molecule has 7 nitrogen and oxygen atoms in total. The van der Waals surface area contributed by atoms with Crippen molar-refractivity contribution in [1.82, 2.24) is 4.90 Å². The highest BCUT2D eigenvalue weighted by Crippen LogP contribution is 2.72. The smallest absolute Gasteiger partial charge is 0.251 e.